The molecule has 2 fully saturated rings. The molecule has 2 aliphatic rings. The van der Waals surface area contributed by atoms with Crippen LogP contribution in [-0.4, -0.2) is 53.1 Å². The van der Waals surface area contributed by atoms with Crippen molar-refractivity contribution in [3.8, 4) is 0 Å². The highest BCUT2D eigenvalue weighted by Gasteiger charge is 2.45. The first-order valence-corrected chi connectivity index (χ1v) is 7.79. The minimum atomic E-state index is -0.763. The molecule has 0 radical (unpaired) electrons. The van der Waals surface area contributed by atoms with Crippen LogP contribution in [0, 0.1) is 11.3 Å². The Morgan fingerprint density at radius 1 is 1.25 bits per heavy atom. The zero-order chi connectivity index (χ0) is 14.8. The molecule has 0 spiro atoms. The summed E-state index contributed by atoms with van der Waals surface area (Å²) in [5.74, 6) is -0.137. The van der Waals surface area contributed by atoms with Crippen molar-refractivity contribution in [2.75, 3.05) is 26.2 Å². The Morgan fingerprint density at radius 3 is 2.55 bits per heavy atom. The van der Waals surface area contributed by atoms with Gasteiger partial charge in [-0.25, -0.2) is 4.79 Å². The Bertz CT molecular complexity index is 385. The Labute approximate surface area is 120 Å². The van der Waals surface area contributed by atoms with Crippen molar-refractivity contribution in [1.82, 2.24) is 9.80 Å². The van der Waals surface area contributed by atoms with Crippen LogP contribution >= 0.6 is 0 Å². The van der Waals surface area contributed by atoms with Crippen LogP contribution in [0.1, 0.15) is 46.0 Å². The summed E-state index contributed by atoms with van der Waals surface area (Å²) in [6, 6.07) is 0.0418. The summed E-state index contributed by atoms with van der Waals surface area (Å²) in [6.07, 6.45) is 4.60. The Kier molecular flexibility index (Phi) is 4.55. The maximum Gasteiger partial charge on any atom is 0.320 e. The average molecular weight is 282 g/mol. The molecule has 2 heterocycles. The molecule has 2 saturated heterocycles. The molecule has 2 aliphatic heterocycles. The second-order valence-corrected chi connectivity index (χ2v) is 6.28. The van der Waals surface area contributed by atoms with Crippen molar-refractivity contribution < 1.29 is 14.7 Å². The molecule has 2 amide bonds. The molecular weight excluding hydrogens is 256 g/mol. The van der Waals surface area contributed by atoms with Gasteiger partial charge in [0.1, 0.15) is 0 Å². The number of carboxylic acids is 1. The Balaban J connectivity index is 1.93. The fourth-order valence-electron chi connectivity index (χ4n) is 3.50. The summed E-state index contributed by atoms with van der Waals surface area (Å²) in [7, 11) is 0. The lowest BCUT2D eigenvalue weighted by Gasteiger charge is -2.27. The molecule has 5 heteroatoms. The third-order valence-electron chi connectivity index (χ3n) is 5.01. The van der Waals surface area contributed by atoms with Crippen LogP contribution in [0.5, 0.6) is 0 Å². The number of nitrogens with zero attached hydrogens (tertiary/aromatic N) is 2. The normalized spacial score (nSPS) is 30.0. The Hall–Kier alpha value is -1.26. The standard InChI is InChI=1S/C15H26N2O3/c1-3-5-12-6-8-16(10-12)14(20)17-9-7-15(4-2,11-17)13(18)19/h12H,3-11H2,1-2H3,(H,18,19). The largest absolute Gasteiger partial charge is 0.481 e. The van der Waals surface area contributed by atoms with Crippen LogP contribution in [0.2, 0.25) is 0 Å². The number of hydrogen-bond donors (Lipinski definition) is 1. The van der Waals surface area contributed by atoms with Gasteiger partial charge in [0.25, 0.3) is 0 Å². The second-order valence-electron chi connectivity index (χ2n) is 6.28. The van der Waals surface area contributed by atoms with E-state index in [2.05, 4.69) is 6.92 Å². The van der Waals surface area contributed by atoms with E-state index in [9.17, 15) is 14.7 Å². The number of urea groups is 1. The highest BCUT2D eigenvalue weighted by Crippen LogP contribution is 2.35. The predicted octanol–water partition coefficient (Wildman–Crippen LogP) is 2.42. The Morgan fingerprint density at radius 2 is 2.00 bits per heavy atom. The summed E-state index contributed by atoms with van der Waals surface area (Å²) >= 11 is 0. The number of carbonyl (C=O) groups is 2. The van der Waals surface area contributed by atoms with E-state index in [4.69, 9.17) is 0 Å². The van der Waals surface area contributed by atoms with E-state index in [1.54, 1.807) is 4.90 Å². The summed E-state index contributed by atoms with van der Waals surface area (Å²) in [6.45, 7) is 6.69. The lowest BCUT2D eigenvalue weighted by atomic mass is 9.84. The predicted molar refractivity (Wildman–Crippen MR) is 76.5 cm³/mol. The summed E-state index contributed by atoms with van der Waals surface area (Å²) < 4.78 is 0. The van der Waals surface area contributed by atoms with E-state index in [1.807, 2.05) is 11.8 Å². The van der Waals surface area contributed by atoms with Gasteiger partial charge < -0.3 is 14.9 Å². The van der Waals surface area contributed by atoms with E-state index in [0.29, 0.717) is 31.8 Å². The monoisotopic (exact) mass is 282 g/mol. The van der Waals surface area contributed by atoms with Crippen LogP contribution in [0.15, 0.2) is 0 Å². The van der Waals surface area contributed by atoms with Gasteiger partial charge in [-0.05, 0) is 31.6 Å². The number of carbonyl (C=O) groups excluding carboxylic acids is 1. The van der Waals surface area contributed by atoms with Crippen molar-refractivity contribution in [2.45, 2.75) is 46.0 Å². The van der Waals surface area contributed by atoms with Gasteiger partial charge in [-0.1, -0.05) is 20.3 Å². The topological polar surface area (TPSA) is 60.9 Å². The highest BCUT2D eigenvalue weighted by molar-refractivity contribution is 5.80. The minimum absolute atomic E-state index is 0.0418. The van der Waals surface area contributed by atoms with Gasteiger partial charge in [0.05, 0.1) is 5.41 Å². The SMILES string of the molecule is CCCC1CCN(C(=O)N2CCC(CC)(C(=O)O)C2)C1. The number of likely N-dealkylation sites (tertiary alicyclic amines) is 2. The molecule has 0 aromatic heterocycles. The van der Waals surface area contributed by atoms with Gasteiger partial charge in [0, 0.05) is 26.2 Å². The quantitative estimate of drug-likeness (QED) is 0.861. The number of amides is 2. The van der Waals surface area contributed by atoms with Gasteiger partial charge in [-0.3, -0.25) is 4.79 Å². The number of carboxylic acid groups (broad SMARTS) is 1. The maximum absolute atomic E-state index is 12.5. The van der Waals surface area contributed by atoms with Crippen LogP contribution in [0.25, 0.3) is 0 Å². The molecule has 2 atom stereocenters. The van der Waals surface area contributed by atoms with Crippen molar-refractivity contribution in [1.29, 1.82) is 0 Å². The van der Waals surface area contributed by atoms with Crippen LogP contribution < -0.4 is 0 Å². The van der Waals surface area contributed by atoms with Crippen molar-refractivity contribution in [3.63, 3.8) is 0 Å². The number of rotatable bonds is 4. The molecule has 2 unspecified atom stereocenters. The van der Waals surface area contributed by atoms with E-state index in [-0.39, 0.29) is 6.03 Å². The summed E-state index contributed by atoms with van der Waals surface area (Å²) in [5, 5.41) is 9.39. The van der Waals surface area contributed by atoms with Gasteiger partial charge in [-0.2, -0.15) is 0 Å². The lowest BCUT2D eigenvalue weighted by Crippen LogP contribution is -2.43. The van der Waals surface area contributed by atoms with Gasteiger partial charge in [-0.15, -0.1) is 0 Å². The number of aliphatic carboxylic acids is 1. The lowest BCUT2D eigenvalue weighted by molar-refractivity contribution is -0.148. The third kappa shape index (κ3) is 2.76. The zero-order valence-corrected chi connectivity index (χ0v) is 12.6. The molecule has 0 aliphatic carbocycles. The van der Waals surface area contributed by atoms with E-state index < -0.39 is 11.4 Å². The summed E-state index contributed by atoms with van der Waals surface area (Å²) in [4.78, 5) is 27.6. The van der Waals surface area contributed by atoms with Gasteiger partial charge in [0.2, 0.25) is 0 Å². The van der Waals surface area contributed by atoms with Gasteiger partial charge in [0.15, 0.2) is 0 Å². The van der Waals surface area contributed by atoms with E-state index in [1.165, 1.54) is 6.42 Å². The summed E-state index contributed by atoms with van der Waals surface area (Å²) in [5.41, 5.74) is -0.724. The molecule has 0 saturated carbocycles. The van der Waals surface area contributed by atoms with E-state index >= 15 is 0 Å². The third-order valence-corrected chi connectivity index (χ3v) is 5.01. The molecule has 2 rings (SSSR count). The van der Waals surface area contributed by atoms with Crippen molar-refractivity contribution in [3.05, 3.63) is 0 Å². The molecule has 5 nitrogen and oxygen atoms in total. The first-order chi connectivity index (χ1) is 9.52. The molecular formula is C15H26N2O3. The second kappa shape index (κ2) is 6.02. The molecule has 0 aromatic rings. The van der Waals surface area contributed by atoms with Gasteiger partial charge >= 0.3 is 12.0 Å². The fourth-order valence-corrected chi connectivity index (χ4v) is 3.50. The number of hydrogen-bond acceptors (Lipinski definition) is 2. The van der Waals surface area contributed by atoms with Crippen LogP contribution in [-0.2, 0) is 4.79 Å². The fraction of sp³-hybridized carbons (Fsp3) is 0.867. The maximum atomic E-state index is 12.5. The molecule has 0 aromatic carbocycles. The molecule has 0 bridgehead atoms. The van der Waals surface area contributed by atoms with E-state index in [0.717, 1.165) is 25.9 Å². The average Bonchev–Trinajstić information content (AvgIpc) is 3.05. The molecule has 1 N–H and O–H groups in total. The van der Waals surface area contributed by atoms with Crippen molar-refractivity contribution >= 4 is 12.0 Å². The van der Waals surface area contributed by atoms with Crippen LogP contribution in [0.3, 0.4) is 0 Å². The highest BCUT2D eigenvalue weighted by atomic mass is 16.4. The molecule has 20 heavy (non-hydrogen) atoms. The van der Waals surface area contributed by atoms with Crippen molar-refractivity contribution in [2.24, 2.45) is 11.3 Å². The zero-order valence-electron chi connectivity index (χ0n) is 12.6. The van der Waals surface area contributed by atoms with Crippen LogP contribution in [0.4, 0.5) is 4.79 Å². The first kappa shape index (κ1) is 15.1. The molecule has 114 valence electrons. The minimum Gasteiger partial charge on any atom is -0.481 e. The first-order valence-electron chi connectivity index (χ1n) is 7.79. The smallest absolute Gasteiger partial charge is 0.320 e.